The molecule has 1 aliphatic carbocycles. The fraction of sp³-hybridized carbons (Fsp3) is 0.250. The molecule has 0 saturated carbocycles. The average Bonchev–Trinajstić information content (AvgIpc) is 2.69. The second-order valence-electron chi connectivity index (χ2n) is 7.12. The molecule has 0 nitrogen and oxygen atoms in total. The summed E-state index contributed by atoms with van der Waals surface area (Å²) in [5.41, 5.74) is 6.44. The molecule has 3 aromatic rings. The summed E-state index contributed by atoms with van der Waals surface area (Å²) in [5.74, 6) is -1.03. The zero-order valence-corrected chi connectivity index (χ0v) is 14.9. The zero-order valence-electron chi connectivity index (χ0n) is 14.9. The number of benzene rings is 3. The van der Waals surface area contributed by atoms with Crippen LogP contribution < -0.4 is 0 Å². The first-order valence-corrected chi connectivity index (χ1v) is 9.30. The van der Waals surface area contributed by atoms with Crippen LogP contribution in [0.2, 0.25) is 0 Å². The van der Waals surface area contributed by atoms with E-state index in [1.807, 2.05) is 12.1 Å². The van der Waals surface area contributed by atoms with Gasteiger partial charge in [-0.05, 0) is 65.5 Å². The predicted octanol–water partition coefficient (Wildman–Crippen LogP) is 6.47. The van der Waals surface area contributed by atoms with Crippen molar-refractivity contribution in [1.29, 1.82) is 0 Å². The Morgan fingerprint density at radius 3 is 2.50 bits per heavy atom. The first-order valence-electron chi connectivity index (χ1n) is 9.30. The number of halogens is 2. The molecule has 2 heteroatoms. The van der Waals surface area contributed by atoms with E-state index in [2.05, 4.69) is 37.3 Å². The lowest BCUT2D eigenvalue weighted by Crippen LogP contribution is -2.13. The van der Waals surface area contributed by atoms with Gasteiger partial charge in [-0.3, -0.25) is 0 Å². The summed E-state index contributed by atoms with van der Waals surface area (Å²) in [4.78, 5) is 0. The highest BCUT2D eigenvalue weighted by molar-refractivity contribution is 5.66. The lowest BCUT2D eigenvalue weighted by Gasteiger charge is -2.26. The number of hydrogen-bond acceptors (Lipinski definition) is 0. The molecule has 0 spiro atoms. The third kappa shape index (κ3) is 3.16. The Balaban J connectivity index is 1.60. The molecule has 0 heterocycles. The molecule has 0 N–H and O–H groups in total. The van der Waals surface area contributed by atoms with Crippen LogP contribution >= 0.6 is 0 Å². The Labute approximate surface area is 153 Å². The predicted molar refractivity (Wildman–Crippen MR) is 102 cm³/mol. The molecule has 0 amide bonds. The molecule has 1 unspecified atom stereocenters. The Morgan fingerprint density at radius 1 is 0.923 bits per heavy atom. The van der Waals surface area contributed by atoms with Gasteiger partial charge in [0.15, 0.2) is 11.6 Å². The lowest BCUT2D eigenvalue weighted by molar-refractivity contribution is 0.511. The zero-order chi connectivity index (χ0) is 18.1. The maximum Gasteiger partial charge on any atom is 0.166 e. The van der Waals surface area contributed by atoms with Crippen molar-refractivity contribution < 1.29 is 8.78 Å². The third-order valence-corrected chi connectivity index (χ3v) is 5.56. The van der Waals surface area contributed by atoms with Gasteiger partial charge in [0, 0.05) is 5.56 Å². The van der Waals surface area contributed by atoms with E-state index in [9.17, 15) is 8.78 Å². The Hall–Kier alpha value is -2.48. The Morgan fingerprint density at radius 2 is 1.73 bits per heavy atom. The van der Waals surface area contributed by atoms with Gasteiger partial charge in [-0.25, -0.2) is 8.78 Å². The normalized spacial score (nSPS) is 16.3. The maximum absolute atomic E-state index is 14.1. The van der Waals surface area contributed by atoms with Crippen LogP contribution in [0.3, 0.4) is 0 Å². The topological polar surface area (TPSA) is 0 Å². The second-order valence-corrected chi connectivity index (χ2v) is 7.12. The first-order chi connectivity index (χ1) is 12.7. The lowest BCUT2D eigenvalue weighted by atomic mass is 9.79. The van der Waals surface area contributed by atoms with Crippen LogP contribution in [0.25, 0.3) is 11.1 Å². The minimum absolute atomic E-state index is 0.338. The van der Waals surface area contributed by atoms with Crippen LogP contribution in [-0.4, -0.2) is 0 Å². The summed E-state index contributed by atoms with van der Waals surface area (Å²) in [6.45, 7) is 2.17. The van der Waals surface area contributed by atoms with Crippen LogP contribution in [0.5, 0.6) is 0 Å². The number of rotatable bonds is 3. The van der Waals surface area contributed by atoms with Crippen molar-refractivity contribution >= 4 is 0 Å². The van der Waals surface area contributed by atoms with Gasteiger partial charge in [0.25, 0.3) is 0 Å². The molecule has 3 aromatic carbocycles. The number of fused-ring (bicyclic) bond motifs is 1. The number of aryl methyl sites for hydroxylation is 2. The van der Waals surface area contributed by atoms with Gasteiger partial charge in [-0.1, -0.05) is 61.5 Å². The van der Waals surface area contributed by atoms with Gasteiger partial charge < -0.3 is 0 Å². The standard InChI is InChI=1S/C24H22F2/c1-2-16-6-8-17(9-7-16)18-10-11-20-15-21(13-12-19(20)14-18)22-4-3-5-23(25)24(22)26/h3-9,12-13,15,18H,2,10-11,14H2,1H3. The van der Waals surface area contributed by atoms with Crippen LogP contribution in [0, 0.1) is 11.6 Å². The Bertz CT molecular complexity index is 925. The third-order valence-electron chi connectivity index (χ3n) is 5.56. The smallest absolute Gasteiger partial charge is 0.166 e. The van der Waals surface area contributed by atoms with Crippen molar-refractivity contribution in [3.8, 4) is 11.1 Å². The molecule has 0 saturated heterocycles. The molecular formula is C24H22F2. The van der Waals surface area contributed by atoms with Gasteiger partial charge in [0.1, 0.15) is 0 Å². The minimum Gasteiger partial charge on any atom is -0.204 e. The van der Waals surface area contributed by atoms with E-state index in [4.69, 9.17) is 0 Å². The van der Waals surface area contributed by atoms with E-state index in [0.29, 0.717) is 11.5 Å². The van der Waals surface area contributed by atoms with E-state index in [0.717, 1.165) is 37.3 Å². The summed E-state index contributed by atoms with van der Waals surface area (Å²) in [6, 6.07) is 19.3. The minimum atomic E-state index is -0.796. The summed E-state index contributed by atoms with van der Waals surface area (Å²) in [7, 11) is 0. The van der Waals surface area contributed by atoms with Crippen LogP contribution in [0.4, 0.5) is 8.78 Å². The summed E-state index contributed by atoms with van der Waals surface area (Å²) >= 11 is 0. The van der Waals surface area contributed by atoms with Crippen molar-refractivity contribution in [2.45, 2.75) is 38.5 Å². The fourth-order valence-electron chi connectivity index (χ4n) is 3.96. The van der Waals surface area contributed by atoms with Gasteiger partial charge in [0.2, 0.25) is 0 Å². The molecular weight excluding hydrogens is 326 g/mol. The molecule has 1 aliphatic rings. The van der Waals surface area contributed by atoms with E-state index in [1.165, 1.54) is 22.3 Å². The van der Waals surface area contributed by atoms with Gasteiger partial charge in [-0.2, -0.15) is 0 Å². The average molecular weight is 348 g/mol. The molecule has 0 radical (unpaired) electrons. The van der Waals surface area contributed by atoms with Crippen molar-refractivity contribution in [2.75, 3.05) is 0 Å². The summed E-state index contributed by atoms with van der Waals surface area (Å²) in [6.07, 6.45) is 4.13. The molecule has 1 atom stereocenters. The van der Waals surface area contributed by atoms with Crippen LogP contribution in [0.1, 0.15) is 41.5 Å². The second kappa shape index (κ2) is 7.03. The van der Waals surface area contributed by atoms with Crippen molar-refractivity contribution in [3.05, 3.63) is 94.6 Å². The molecule has 0 aromatic heterocycles. The quantitative estimate of drug-likeness (QED) is 0.509. The molecule has 0 aliphatic heterocycles. The molecule has 4 rings (SSSR count). The molecule has 132 valence electrons. The van der Waals surface area contributed by atoms with Gasteiger partial charge >= 0.3 is 0 Å². The van der Waals surface area contributed by atoms with E-state index >= 15 is 0 Å². The van der Waals surface area contributed by atoms with Crippen molar-refractivity contribution in [3.63, 3.8) is 0 Å². The summed E-state index contributed by atoms with van der Waals surface area (Å²) < 4.78 is 27.6. The van der Waals surface area contributed by atoms with Gasteiger partial charge in [0.05, 0.1) is 0 Å². The molecule has 0 bridgehead atoms. The summed E-state index contributed by atoms with van der Waals surface area (Å²) in [5, 5.41) is 0. The highest BCUT2D eigenvalue weighted by Crippen LogP contribution is 2.35. The van der Waals surface area contributed by atoms with Crippen LogP contribution in [-0.2, 0) is 19.3 Å². The van der Waals surface area contributed by atoms with Crippen LogP contribution in [0.15, 0.2) is 60.7 Å². The van der Waals surface area contributed by atoms with E-state index in [1.54, 1.807) is 12.1 Å². The van der Waals surface area contributed by atoms with Gasteiger partial charge in [-0.15, -0.1) is 0 Å². The maximum atomic E-state index is 14.1. The fourth-order valence-corrected chi connectivity index (χ4v) is 3.96. The molecule has 0 fully saturated rings. The van der Waals surface area contributed by atoms with E-state index < -0.39 is 11.6 Å². The Kier molecular flexibility index (Phi) is 4.58. The highest BCUT2D eigenvalue weighted by Gasteiger charge is 2.21. The monoisotopic (exact) mass is 348 g/mol. The highest BCUT2D eigenvalue weighted by atomic mass is 19.2. The van der Waals surface area contributed by atoms with E-state index in [-0.39, 0.29) is 0 Å². The molecule has 26 heavy (non-hydrogen) atoms. The first kappa shape index (κ1) is 17.0. The van der Waals surface area contributed by atoms with Crippen molar-refractivity contribution in [1.82, 2.24) is 0 Å². The largest absolute Gasteiger partial charge is 0.204 e. The SMILES string of the molecule is CCc1ccc(C2CCc3cc(-c4cccc(F)c4F)ccc3C2)cc1. The number of hydrogen-bond donors (Lipinski definition) is 0. The van der Waals surface area contributed by atoms with Crippen molar-refractivity contribution in [2.24, 2.45) is 0 Å².